The number of aryl methyl sites for hydroxylation is 1. The second-order valence-corrected chi connectivity index (χ2v) is 5.04. The van der Waals surface area contributed by atoms with Gasteiger partial charge in [0, 0.05) is 6.20 Å². The van der Waals surface area contributed by atoms with Crippen LogP contribution in [0, 0.1) is 6.92 Å². The highest BCUT2D eigenvalue weighted by Crippen LogP contribution is 2.23. The van der Waals surface area contributed by atoms with Crippen LogP contribution in [0.1, 0.15) is 5.56 Å². The molecule has 0 saturated carbocycles. The number of ether oxygens (including phenoxy) is 1. The lowest BCUT2D eigenvalue weighted by molar-refractivity contribution is -0.141. The van der Waals surface area contributed by atoms with Crippen molar-refractivity contribution in [2.75, 3.05) is 12.9 Å². The van der Waals surface area contributed by atoms with Gasteiger partial charge in [-0.1, -0.05) is 11.8 Å². The smallest absolute Gasteiger partial charge is 0.325 e. The Bertz CT molecular complexity index is 668. The molecule has 2 aromatic heterocycles. The molecule has 2 aromatic rings. The average molecular weight is 295 g/mol. The fourth-order valence-electron chi connectivity index (χ4n) is 1.66. The van der Waals surface area contributed by atoms with Crippen LogP contribution >= 0.6 is 11.8 Å². The molecule has 2 rings (SSSR count). The quantitative estimate of drug-likeness (QED) is 0.651. The summed E-state index contributed by atoms with van der Waals surface area (Å²) in [4.78, 5) is 30.7. The van der Waals surface area contributed by atoms with Crippen molar-refractivity contribution in [3.8, 4) is 0 Å². The Labute approximate surface area is 119 Å². The molecule has 1 N–H and O–H groups in total. The van der Waals surface area contributed by atoms with Crippen molar-refractivity contribution in [1.29, 1.82) is 0 Å². The number of fused-ring (bicyclic) bond motifs is 1. The van der Waals surface area contributed by atoms with E-state index in [0.717, 1.165) is 17.3 Å². The molecular weight excluding hydrogens is 282 g/mol. The van der Waals surface area contributed by atoms with E-state index in [1.165, 1.54) is 7.11 Å². The summed E-state index contributed by atoms with van der Waals surface area (Å²) >= 11 is 1.04. The van der Waals surface area contributed by atoms with E-state index in [0.29, 0.717) is 16.3 Å². The summed E-state index contributed by atoms with van der Waals surface area (Å²) in [5, 5.41) is 9.18. The molecule has 20 heavy (non-hydrogen) atoms. The van der Waals surface area contributed by atoms with Gasteiger partial charge < -0.3 is 9.84 Å². The topological polar surface area (TPSA) is 94.3 Å². The molecule has 106 valence electrons. The van der Waals surface area contributed by atoms with Crippen LogP contribution in [0.5, 0.6) is 0 Å². The van der Waals surface area contributed by atoms with Gasteiger partial charge in [-0.2, -0.15) is 0 Å². The molecule has 0 unspecified atom stereocenters. The van der Waals surface area contributed by atoms with E-state index in [1.54, 1.807) is 10.8 Å². The third kappa shape index (κ3) is 3.08. The number of thioether (sulfide) groups is 1. The van der Waals surface area contributed by atoms with E-state index in [2.05, 4.69) is 14.7 Å². The molecule has 0 amide bonds. The molecule has 0 atom stereocenters. The van der Waals surface area contributed by atoms with Crippen LogP contribution < -0.4 is 0 Å². The van der Waals surface area contributed by atoms with Crippen LogP contribution in [-0.2, 0) is 20.9 Å². The number of carbonyl (C=O) groups excluding carboxylic acids is 1. The number of hydrogen-bond acceptors (Lipinski definition) is 6. The number of methoxy groups -OCH3 is 1. The second-order valence-electron chi connectivity index (χ2n) is 4.09. The third-order valence-electron chi connectivity index (χ3n) is 2.53. The molecule has 0 bridgehead atoms. The zero-order chi connectivity index (χ0) is 14.7. The summed E-state index contributed by atoms with van der Waals surface area (Å²) in [5.74, 6) is -1.52. The van der Waals surface area contributed by atoms with Crippen LogP contribution in [0.3, 0.4) is 0 Å². The maximum Gasteiger partial charge on any atom is 0.325 e. The van der Waals surface area contributed by atoms with Crippen molar-refractivity contribution in [2.24, 2.45) is 0 Å². The first-order chi connectivity index (χ1) is 9.51. The maximum atomic E-state index is 11.5. The van der Waals surface area contributed by atoms with Gasteiger partial charge in [-0.05, 0) is 18.6 Å². The largest absolute Gasteiger partial charge is 0.481 e. The first kappa shape index (κ1) is 14.3. The maximum absolute atomic E-state index is 11.5. The first-order valence-corrected chi connectivity index (χ1v) is 6.74. The number of hydrogen-bond donors (Lipinski definition) is 1. The molecule has 0 saturated heterocycles. The molecule has 0 aliphatic carbocycles. The summed E-state index contributed by atoms with van der Waals surface area (Å²) in [7, 11) is 1.29. The van der Waals surface area contributed by atoms with Gasteiger partial charge in [0.15, 0.2) is 10.8 Å². The van der Waals surface area contributed by atoms with Gasteiger partial charge in [-0.3, -0.25) is 14.2 Å². The highest BCUT2D eigenvalue weighted by molar-refractivity contribution is 7.99. The molecule has 0 fully saturated rings. The van der Waals surface area contributed by atoms with Gasteiger partial charge in [0.1, 0.15) is 12.1 Å². The fourth-order valence-corrected chi connectivity index (χ4v) is 2.39. The number of carboxylic acids is 1. The van der Waals surface area contributed by atoms with E-state index < -0.39 is 11.9 Å². The Kier molecular flexibility index (Phi) is 4.23. The van der Waals surface area contributed by atoms with E-state index in [9.17, 15) is 9.59 Å². The molecule has 0 aliphatic rings. The number of esters is 1. The zero-order valence-electron chi connectivity index (χ0n) is 11.0. The summed E-state index contributed by atoms with van der Waals surface area (Å²) in [6.45, 7) is 1.83. The molecule has 2 heterocycles. The number of aromatic nitrogens is 3. The van der Waals surface area contributed by atoms with Crippen LogP contribution in [0.15, 0.2) is 17.4 Å². The number of imidazole rings is 1. The van der Waals surface area contributed by atoms with Crippen molar-refractivity contribution in [2.45, 2.75) is 18.6 Å². The molecule has 0 aromatic carbocycles. The lowest BCUT2D eigenvalue weighted by atomic mass is 10.3. The lowest BCUT2D eigenvalue weighted by Crippen LogP contribution is -2.13. The van der Waals surface area contributed by atoms with Crippen molar-refractivity contribution in [1.82, 2.24) is 14.5 Å². The summed E-state index contributed by atoms with van der Waals surface area (Å²) in [5.41, 5.74) is 2.10. The molecule has 0 radical (unpaired) electrons. The van der Waals surface area contributed by atoms with Gasteiger partial charge in [0.05, 0.1) is 12.9 Å². The predicted octanol–water partition coefficient (Wildman–Crippen LogP) is 1.09. The Morgan fingerprint density at radius 1 is 1.50 bits per heavy atom. The Morgan fingerprint density at radius 2 is 2.25 bits per heavy atom. The summed E-state index contributed by atoms with van der Waals surface area (Å²) in [6, 6.07) is 1.83. The first-order valence-electron chi connectivity index (χ1n) is 5.75. The van der Waals surface area contributed by atoms with Gasteiger partial charge >= 0.3 is 11.9 Å². The van der Waals surface area contributed by atoms with Crippen molar-refractivity contribution in [3.05, 3.63) is 17.8 Å². The van der Waals surface area contributed by atoms with Gasteiger partial charge in [0.2, 0.25) is 0 Å². The molecule has 0 spiro atoms. The minimum absolute atomic E-state index is 0.0506. The van der Waals surface area contributed by atoms with Crippen molar-refractivity contribution < 1.29 is 19.4 Å². The van der Waals surface area contributed by atoms with Crippen LogP contribution in [0.4, 0.5) is 0 Å². The number of pyridine rings is 1. The van der Waals surface area contributed by atoms with E-state index in [4.69, 9.17) is 5.11 Å². The van der Waals surface area contributed by atoms with E-state index in [1.807, 2.05) is 13.0 Å². The normalized spacial score (nSPS) is 10.7. The fraction of sp³-hybridized carbons (Fsp3) is 0.333. The minimum atomic E-state index is -0.948. The Balaban J connectivity index is 2.44. The Morgan fingerprint density at radius 3 is 2.90 bits per heavy atom. The van der Waals surface area contributed by atoms with Crippen molar-refractivity contribution in [3.63, 3.8) is 0 Å². The number of carboxylic acid groups (broad SMARTS) is 1. The monoisotopic (exact) mass is 295 g/mol. The van der Waals surface area contributed by atoms with Crippen LogP contribution in [0.25, 0.3) is 11.2 Å². The molecule has 0 aliphatic heterocycles. The van der Waals surface area contributed by atoms with Crippen LogP contribution in [-0.4, -0.2) is 44.4 Å². The highest BCUT2D eigenvalue weighted by atomic mass is 32.2. The number of rotatable bonds is 5. The second kappa shape index (κ2) is 5.91. The number of nitrogens with zero attached hydrogens (tertiary/aromatic N) is 3. The SMILES string of the molecule is COC(=O)Cn1c(SCC(=O)O)nc2cc(C)cnc21. The third-order valence-corrected chi connectivity index (χ3v) is 3.49. The van der Waals surface area contributed by atoms with Gasteiger partial charge in [0.25, 0.3) is 0 Å². The standard InChI is InChI=1S/C12H13N3O4S/c1-7-3-8-11(13-4-7)15(5-10(18)19-2)12(14-8)20-6-9(16)17/h3-4H,5-6H2,1-2H3,(H,16,17). The van der Waals surface area contributed by atoms with Gasteiger partial charge in [-0.25, -0.2) is 9.97 Å². The molecule has 8 heteroatoms. The van der Waals surface area contributed by atoms with Crippen molar-refractivity contribution >= 4 is 34.9 Å². The van der Waals surface area contributed by atoms with Crippen LogP contribution in [0.2, 0.25) is 0 Å². The summed E-state index contributed by atoms with van der Waals surface area (Å²) in [6.07, 6.45) is 1.67. The van der Waals surface area contributed by atoms with E-state index >= 15 is 0 Å². The Hall–Kier alpha value is -2.09. The number of aliphatic carboxylic acids is 1. The minimum Gasteiger partial charge on any atom is -0.481 e. The average Bonchev–Trinajstić information content (AvgIpc) is 2.73. The summed E-state index contributed by atoms with van der Waals surface area (Å²) < 4.78 is 6.20. The lowest BCUT2D eigenvalue weighted by Gasteiger charge is -2.05. The van der Waals surface area contributed by atoms with E-state index in [-0.39, 0.29) is 12.3 Å². The predicted molar refractivity (Wildman–Crippen MR) is 72.6 cm³/mol. The highest BCUT2D eigenvalue weighted by Gasteiger charge is 2.16. The molecule has 7 nitrogen and oxygen atoms in total. The molecular formula is C12H13N3O4S. The van der Waals surface area contributed by atoms with Gasteiger partial charge in [-0.15, -0.1) is 0 Å². The zero-order valence-corrected chi connectivity index (χ0v) is 11.8. The number of carbonyl (C=O) groups is 2.